The third-order valence-electron chi connectivity index (χ3n) is 4.10. The van der Waals surface area contributed by atoms with Crippen molar-refractivity contribution in [3.8, 4) is 0 Å². The van der Waals surface area contributed by atoms with E-state index in [2.05, 4.69) is 20.5 Å². The Hall–Kier alpha value is -3.03. The molecule has 1 aliphatic rings. The number of anilines is 1. The molecule has 4 rings (SSSR count). The summed E-state index contributed by atoms with van der Waals surface area (Å²) in [6.45, 7) is 1.11. The summed E-state index contributed by atoms with van der Waals surface area (Å²) in [5.41, 5.74) is 9.77. The number of aryl methyl sites for hydroxylation is 1. The van der Waals surface area contributed by atoms with Crippen LogP contribution in [0.25, 0.3) is 11.0 Å². The fourth-order valence-corrected chi connectivity index (χ4v) is 2.88. The summed E-state index contributed by atoms with van der Waals surface area (Å²) < 4.78 is 1.68. The van der Waals surface area contributed by atoms with Gasteiger partial charge < -0.3 is 10.6 Å². The zero-order chi connectivity index (χ0) is 16.0. The summed E-state index contributed by atoms with van der Waals surface area (Å²) in [6, 6.07) is 7.24. The second kappa shape index (κ2) is 5.01. The molecule has 0 aliphatic carbocycles. The standard InChI is InChI=1S/C15H15N7O/c1-21-13-3-2-9(6-12(13)18-20-21)15(23)22-5-4-11-10(8-22)7-14(16)19-17-11/h2-3,6-7H,4-5,8H2,1H3,(H2,16,19). The summed E-state index contributed by atoms with van der Waals surface area (Å²) in [7, 11) is 1.82. The molecule has 0 radical (unpaired) electrons. The van der Waals surface area contributed by atoms with Crippen LogP contribution in [-0.2, 0) is 20.0 Å². The summed E-state index contributed by atoms with van der Waals surface area (Å²) in [5.74, 6) is 0.345. The van der Waals surface area contributed by atoms with Crippen molar-refractivity contribution < 1.29 is 4.79 Å². The van der Waals surface area contributed by atoms with Crippen LogP contribution in [0.2, 0.25) is 0 Å². The first-order valence-electron chi connectivity index (χ1n) is 7.31. The molecule has 0 saturated carbocycles. The topological polar surface area (TPSA) is 103 Å². The van der Waals surface area contributed by atoms with Gasteiger partial charge in [-0.05, 0) is 29.8 Å². The molecule has 0 fully saturated rings. The first kappa shape index (κ1) is 13.6. The quantitative estimate of drug-likeness (QED) is 0.703. The molecule has 2 aromatic heterocycles. The third kappa shape index (κ3) is 2.28. The molecular weight excluding hydrogens is 294 g/mol. The second-order valence-electron chi connectivity index (χ2n) is 5.63. The SMILES string of the molecule is Cn1nnc2cc(C(=O)N3CCc4nnc(N)cc4C3)ccc21. The molecule has 0 bridgehead atoms. The van der Waals surface area contributed by atoms with Crippen molar-refractivity contribution >= 4 is 22.8 Å². The first-order valence-corrected chi connectivity index (χ1v) is 7.31. The monoisotopic (exact) mass is 309 g/mol. The average Bonchev–Trinajstić information content (AvgIpc) is 2.94. The van der Waals surface area contributed by atoms with Gasteiger partial charge in [0.15, 0.2) is 0 Å². The predicted octanol–water partition coefficient (Wildman–Crippen LogP) is 0.539. The number of carbonyl (C=O) groups is 1. The van der Waals surface area contributed by atoms with Gasteiger partial charge in [-0.3, -0.25) is 4.79 Å². The Morgan fingerprint density at radius 2 is 2.09 bits per heavy atom. The normalized spacial score (nSPS) is 14.0. The lowest BCUT2D eigenvalue weighted by Crippen LogP contribution is -2.36. The molecule has 0 unspecified atom stereocenters. The molecular formula is C15H15N7O. The van der Waals surface area contributed by atoms with Gasteiger partial charge in [0.1, 0.15) is 11.3 Å². The number of fused-ring (bicyclic) bond motifs is 2. The number of hydrogen-bond acceptors (Lipinski definition) is 6. The van der Waals surface area contributed by atoms with Crippen LogP contribution < -0.4 is 5.73 Å². The number of amides is 1. The number of rotatable bonds is 1. The second-order valence-corrected chi connectivity index (χ2v) is 5.63. The van der Waals surface area contributed by atoms with E-state index in [0.29, 0.717) is 36.4 Å². The summed E-state index contributed by atoms with van der Waals surface area (Å²) in [6.07, 6.45) is 0.682. The smallest absolute Gasteiger partial charge is 0.254 e. The van der Waals surface area contributed by atoms with Crippen LogP contribution in [0.1, 0.15) is 21.6 Å². The minimum absolute atomic E-state index is 0.0291. The van der Waals surface area contributed by atoms with Gasteiger partial charge in [-0.1, -0.05) is 5.21 Å². The Balaban J connectivity index is 1.63. The number of nitrogens with zero attached hydrogens (tertiary/aromatic N) is 6. The van der Waals surface area contributed by atoms with E-state index in [9.17, 15) is 4.79 Å². The van der Waals surface area contributed by atoms with E-state index in [0.717, 1.165) is 16.8 Å². The van der Waals surface area contributed by atoms with E-state index >= 15 is 0 Å². The highest BCUT2D eigenvalue weighted by atomic mass is 16.2. The number of nitrogens with two attached hydrogens (primary N) is 1. The van der Waals surface area contributed by atoms with Crippen molar-refractivity contribution in [1.82, 2.24) is 30.1 Å². The highest BCUT2D eigenvalue weighted by Gasteiger charge is 2.23. The maximum atomic E-state index is 12.7. The van der Waals surface area contributed by atoms with E-state index in [-0.39, 0.29) is 5.91 Å². The largest absolute Gasteiger partial charge is 0.382 e. The van der Waals surface area contributed by atoms with Crippen molar-refractivity contribution in [2.75, 3.05) is 12.3 Å². The van der Waals surface area contributed by atoms with Gasteiger partial charge in [-0.2, -0.15) is 5.10 Å². The molecule has 8 nitrogen and oxygen atoms in total. The molecule has 0 atom stereocenters. The maximum absolute atomic E-state index is 12.7. The molecule has 3 heterocycles. The molecule has 1 amide bonds. The summed E-state index contributed by atoms with van der Waals surface area (Å²) in [4.78, 5) is 14.5. The van der Waals surface area contributed by atoms with Crippen molar-refractivity contribution in [1.29, 1.82) is 0 Å². The molecule has 23 heavy (non-hydrogen) atoms. The zero-order valence-corrected chi connectivity index (χ0v) is 12.6. The Morgan fingerprint density at radius 1 is 1.22 bits per heavy atom. The van der Waals surface area contributed by atoms with E-state index in [1.54, 1.807) is 21.7 Å². The number of nitrogen functional groups attached to an aromatic ring is 1. The van der Waals surface area contributed by atoms with Crippen molar-refractivity contribution in [3.05, 3.63) is 41.1 Å². The lowest BCUT2D eigenvalue weighted by atomic mass is 10.0. The lowest BCUT2D eigenvalue weighted by molar-refractivity contribution is 0.0733. The van der Waals surface area contributed by atoms with Crippen LogP contribution in [0.3, 0.4) is 0 Å². The van der Waals surface area contributed by atoms with Crippen molar-refractivity contribution in [3.63, 3.8) is 0 Å². The summed E-state index contributed by atoms with van der Waals surface area (Å²) >= 11 is 0. The van der Waals surface area contributed by atoms with Gasteiger partial charge in [0, 0.05) is 32.1 Å². The van der Waals surface area contributed by atoms with Gasteiger partial charge in [0.25, 0.3) is 5.91 Å². The van der Waals surface area contributed by atoms with Crippen molar-refractivity contribution in [2.45, 2.75) is 13.0 Å². The molecule has 8 heteroatoms. The molecule has 116 valence electrons. The molecule has 0 spiro atoms. The van der Waals surface area contributed by atoms with Gasteiger partial charge >= 0.3 is 0 Å². The van der Waals surface area contributed by atoms with Crippen LogP contribution in [0, 0.1) is 0 Å². The zero-order valence-electron chi connectivity index (χ0n) is 12.6. The molecule has 2 N–H and O–H groups in total. The predicted molar refractivity (Wildman–Crippen MR) is 83.4 cm³/mol. The molecule has 1 aliphatic heterocycles. The minimum atomic E-state index is -0.0291. The fraction of sp³-hybridized carbons (Fsp3) is 0.267. The van der Waals surface area contributed by atoms with E-state index < -0.39 is 0 Å². The van der Waals surface area contributed by atoms with Gasteiger partial charge in [0.2, 0.25) is 0 Å². The van der Waals surface area contributed by atoms with Crippen LogP contribution in [-0.4, -0.2) is 42.5 Å². The lowest BCUT2D eigenvalue weighted by Gasteiger charge is -2.28. The van der Waals surface area contributed by atoms with E-state index in [1.165, 1.54) is 0 Å². The maximum Gasteiger partial charge on any atom is 0.254 e. The molecule has 0 saturated heterocycles. The highest BCUT2D eigenvalue weighted by Crippen LogP contribution is 2.21. The average molecular weight is 309 g/mol. The number of carbonyl (C=O) groups excluding carboxylic acids is 1. The van der Waals surface area contributed by atoms with E-state index in [4.69, 9.17) is 5.73 Å². The van der Waals surface area contributed by atoms with Crippen molar-refractivity contribution in [2.24, 2.45) is 7.05 Å². The molecule has 3 aromatic rings. The fourth-order valence-electron chi connectivity index (χ4n) is 2.88. The first-order chi connectivity index (χ1) is 11.1. The third-order valence-corrected chi connectivity index (χ3v) is 4.10. The summed E-state index contributed by atoms with van der Waals surface area (Å²) in [5, 5.41) is 16.0. The Morgan fingerprint density at radius 3 is 2.96 bits per heavy atom. The molecule has 1 aromatic carbocycles. The van der Waals surface area contributed by atoms with Gasteiger partial charge in [-0.15, -0.1) is 10.2 Å². The van der Waals surface area contributed by atoms with Gasteiger partial charge in [0.05, 0.1) is 11.2 Å². The highest BCUT2D eigenvalue weighted by molar-refractivity contribution is 5.97. The van der Waals surface area contributed by atoms with Crippen LogP contribution >= 0.6 is 0 Å². The number of aromatic nitrogens is 5. The van der Waals surface area contributed by atoms with Crippen LogP contribution in [0.5, 0.6) is 0 Å². The number of benzene rings is 1. The van der Waals surface area contributed by atoms with E-state index in [1.807, 2.05) is 19.2 Å². The Labute approximate surface area is 131 Å². The van der Waals surface area contributed by atoms with Crippen LogP contribution in [0.15, 0.2) is 24.3 Å². The minimum Gasteiger partial charge on any atom is -0.382 e. The number of hydrogen-bond donors (Lipinski definition) is 1. The van der Waals surface area contributed by atoms with Gasteiger partial charge in [-0.25, -0.2) is 4.68 Å². The Kier molecular flexibility index (Phi) is 2.97. The Bertz CT molecular complexity index is 917. The van der Waals surface area contributed by atoms with Crippen LogP contribution in [0.4, 0.5) is 5.82 Å².